The van der Waals surface area contributed by atoms with Gasteiger partial charge in [-0.15, -0.1) is 0 Å². The lowest BCUT2D eigenvalue weighted by Crippen LogP contribution is -2.59. The molecule has 7 N–H and O–H groups in total. The monoisotopic (exact) mass is 1040 g/mol. The van der Waals surface area contributed by atoms with Gasteiger partial charge in [-0.05, 0) is 138 Å². The molecule has 17 heteroatoms. The zero-order valence-electron chi connectivity index (χ0n) is 46.4. The zero-order valence-corrected chi connectivity index (χ0v) is 46.4. The molecular weight excluding hydrogens is 951 g/mol. The first kappa shape index (κ1) is 58.6. The van der Waals surface area contributed by atoms with E-state index in [1.807, 2.05) is 59.7 Å². The summed E-state index contributed by atoms with van der Waals surface area (Å²) in [6.45, 7) is 14.7. The van der Waals surface area contributed by atoms with Crippen LogP contribution in [-0.2, 0) is 51.2 Å². The van der Waals surface area contributed by atoms with Crippen LogP contribution in [0.25, 0.3) is 0 Å². The molecule has 17 nitrogen and oxygen atoms in total. The molecule has 0 radical (unpaired) electrons. The van der Waals surface area contributed by atoms with Gasteiger partial charge in [0.05, 0.1) is 24.2 Å². The summed E-state index contributed by atoms with van der Waals surface area (Å²) >= 11 is 0. The van der Waals surface area contributed by atoms with E-state index in [9.17, 15) is 38.4 Å². The van der Waals surface area contributed by atoms with Gasteiger partial charge in [-0.2, -0.15) is 0 Å². The van der Waals surface area contributed by atoms with Crippen molar-refractivity contribution in [2.75, 3.05) is 27.2 Å². The average molecular weight is 1040 g/mol. The minimum Gasteiger partial charge on any atom is -0.351 e. The molecule has 0 saturated carbocycles. The Balaban J connectivity index is 1.09. The maximum Gasteiger partial charge on any atom is 0.246 e. The van der Waals surface area contributed by atoms with Crippen molar-refractivity contribution in [2.45, 2.75) is 206 Å². The van der Waals surface area contributed by atoms with Gasteiger partial charge in [-0.25, -0.2) is 0 Å². The Labute approximate surface area is 445 Å². The lowest BCUT2D eigenvalue weighted by Gasteiger charge is -2.36. The number of nitrogens with zero attached hydrogens (tertiary/aromatic N) is 2. The van der Waals surface area contributed by atoms with Crippen molar-refractivity contribution in [2.24, 2.45) is 10.8 Å². The first-order valence-electron chi connectivity index (χ1n) is 27.6. The summed E-state index contributed by atoms with van der Waals surface area (Å²) in [5.74, 6) is -2.18. The number of carbonyl (C=O) groups excluding carboxylic acids is 8. The summed E-state index contributed by atoms with van der Waals surface area (Å²) in [4.78, 5) is 114. The molecule has 2 fully saturated rings. The number of fused-ring (bicyclic) bond motifs is 2. The number of ketones is 1. The number of rotatable bonds is 21. The molecule has 0 spiro atoms. The van der Waals surface area contributed by atoms with Crippen LogP contribution in [0.3, 0.4) is 0 Å². The second kappa shape index (κ2) is 25.9. The van der Waals surface area contributed by atoms with Crippen molar-refractivity contribution in [3.63, 3.8) is 0 Å². The van der Waals surface area contributed by atoms with Crippen LogP contribution in [0.2, 0.25) is 0 Å². The predicted molar refractivity (Wildman–Crippen MR) is 289 cm³/mol. The lowest BCUT2D eigenvalue weighted by molar-refractivity contribution is -0.144. The maximum atomic E-state index is 14.6. The number of hydrogen-bond acceptors (Lipinski definition) is 10. The van der Waals surface area contributed by atoms with E-state index in [0.717, 1.165) is 50.5 Å². The summed E-state index contributed by atoms with van der Waals surface area (Å²) in [5.41, 5.74) is 3.55. The van der Waals surface area contributed by atoms with E-state index in [1.165, 1.54) is 21.6 Å². The third-order valence-corrected chi connectivity index (χ3v) is 16.0. The molecular formula is C58H87N9O8. The van der Waals surface area contributed by atoms with Crippen LogP contribution in [0.4, 0.5) is 0 Å². The standard InChI is InChI=1S/C58H87N9O8/c1-35(59-9)52(71)64-50(57(3,4)5)55(74)66-33-40(31-45(66)47(68)28-17-24-38-22-15-21-37-19-11-13-25-42(37)38)61-48(69)29-18-30-49(70)62-41-32-46(54(73)63-44-27-16-23-39-20-12-14-26-43(39)44)67(34-41)56(75)51(58(6,7)8)65-53(72)36(2)60-10/h11-14,19-20,25-26,35-36,38,40-41,44-46,50-51,59-60H,15-18,21-24,27-34H2,1-10H3,(H,61,69)(H,62,70)(H,63,73)(H,64,71)(H,65,72)/t35-,36-,38-,40-,41-,44+,45-,46-,50+,51+/m0/s1. The van der Waals surface area contributed by atoms with Crippen LogP contribution in [-0.4, -0.2) is 132 Å². The number of benzene rings is 2. The Morgan fingerprint density at radius 2 is 1.05 bits per heavy atom. The van der Waals surface area contributed by atoms with Gasteiger partial charge >= 0.3 is 0 Å². The fourth-order valence-corrected chi connectivity index (χ4v) is 11.4. The Morgan fingerprint density at radius 3 is 1.57 bits per heavy atom. The summed E-state index contributed by atoms with van der Waals surface area (Å²) in [5, 5.41) is 21.0. The molecule has 6 rings (SSSR count). The number of likely N-dealkylation sites (N-methyl/N-ethyl adjacent to an activating group) is 2. The van der Waals surface area contributed by atoms with E-state index < -0.39 is 65.1 Å². The SMILES string of the molecule is CN[C@@H](C)C(=O)N[C@H](C(=O)N1C[C@@H](NC(=O)CCCC(=O)N[C@H]2C[C@@H](C(=O)N[C@@H]3CCCc4ccccc43)N(C(=O)[C@@H](NC(=O)[C@H](C)NC)C(C)(C)C)C2)C[C@H]1C(=O)CCC[C@@H]1CCCc2ccccc21)C(C)(C)C. The van der Waals surface area contributed by atoms with Gasteiger partial charge < -0.3 is 47.0 Å². The van der Waals surface area contributed by atoms with Crippen LogP contribution < -0.4 is 37.2 Å². The molecule has 0 unspecified atom stereocenters. The van der Waals surface area contributed by atoms with E-state index in [-0.39, 0.29) is 98.9 Å². The van der Waals surface area contributed by atoms with Crippen molar-refractivity contribution in [3.05, 3.63) is 70.8 Å². The summed E-state index contributed by atoms with van der Waals surface area (Å²) < 4.78 is 0. The van der Waals surface area contributed by atoms with Gasteiger partial charge in [-0.1, -0.05) is 90.1 Å². The topological polar surface area (TPSA) is 227 Å². The number of carbonyl (C=O) groups is 8. The highest BCUT2D eigenvalue weighted by atomic mass is 16.2. The number of hydrogen-bond donors (Lipinski definition) is 7. The fraction of sp³-hybridized carbons (Fsp3) is 0.655. The highest BCUT2D eigenvalue weighted by molar-refractivity contribution is 5.96. The molecule has 4 aliphatic rings. The Hall–Kier alpha value is -5.68. The summed E-state index contributed by atoms with van der Waals surface area (Å²) in [6, 6.07) is 10.5. The Morgan fingerprint density at radius 1 is 0.587 bits per heavy atom. The van der Waals surface area contributed by atoms with Crippen LogP contribution in [0.1, 0.15) is 167 Å². The number of likely N-dealkylation sites (tertiary alicyclic amines) is 2. The molecule has 2 heterocycles. The van der Waals surface area contributed by atoms with E-state index in [4.69, 9.17) is 0 Å². The molecule has 0 aromatic heterocycles. The maximum absolute atomic E-state index is 14.6. The van der Waals surface area contributed by atoms with Crippen LogP contribution >= 0.6 is 0 Å². The summed E-state index contributed by atoms with van der Waals surface area (Å²) in [6.07, 6.45) is 8.20. The van der Waals surface area contributed by atoms with Crippen LogP contribution in [0.15, 0.2) is 48.5 Å². The second-order valence-corrected chi connectivity index (χ2v) is 23.8. The van der Waals surface area contributed by atoms with E-state index in [1.54, 1.807) is 32.8 Å². The lowest BCUT2D eigenvalue weighted by atomic mass is 9.80. The molecule has 2 aromatic rings. The van der Waals surface area contributed by atoms with Gasteiger partial charge in [0.2, 0.25) is 41.4 Å². The normalized spacial score (nSPS) is 23.1. The highest BCUT2D eigenvalue weighted by Crippen LogP contribution is 2.36. The van der Waals surface area contributed by atoms with Gasteiger partial charge in [0.1, 0.15) is 18.1 Å². The Bertz CT molecular complexity index is 2380. The van der Waals surface area contributed by atoms with Crippen molar-refractivity contribution in [1.29, 1.82) is 0 Å². The number of nitrogens with one attached hydrogen (secondary N) is 7. The minimum absolute atomic E-state index is 0.00307. The first-order valence-corrected chi connectivity index (χ1v) is 27.6. The minimum atomic E-state index is -0.962. The average Bonchev–Trinajstić information content (AvgIpc) is 4.00. The third-order valence-electron chi connectivity index (χ3n) is 16.0. The van der Waals surface area contributed by atoms with E-state index in [2.05, 4.69) is 67.5 Å². The molecule has 2 aliphatic heterocycles. The van der Waals surface area contributed by atoms with Gasteiger partial charge in [0.15, 0.2) is 5.78 Å². The molecule has 0 bridgehead atoms. The van der Waals surface area contributed by atoms with Gasteiger partial charge in [0.25, 0.3) is 0 Å². The molecule has 10 atom stereocenters. The molecule has 75 heavy (non-hydrogen) atoms. The summed E-state index contributed by atoms with van der Waals surface area (Å²) in [7, 11) is 3.33. The second-order valence-electron chi connectivity index (χ2n) is 23.8. The van der Waals surface area contributed by atoms with Crippen LogP contribution in [0.5, 0.6) is 0 Å². The number of Topliss-reactive ketones (excluding diaryl/α,β-unsaturated/α-hetero) is 1. The van der Waals surface area contributed by atoms with E-state index >= 15 is 0 Å². The predicted octanol–water partition coefficient (Wildman–Crippen LogP) is 4.66. The molecule has 2 saturated heterocycles. The molecule has 412 valence electrons. The largest absolute Gasteiger partial charge is 0.351 e. The van der Waals surface area contributed by atoms with Crippen molar-refractivity contribution < 1.29 is 38.4 Å². The highest BCUT2D eigenvalue weighted by Gasteiger charge is 2.47. The Kier molecular flexibility index (Phi) is 20.2. The van der Waals surface area contributed by atoms with Gasteiger partial charge in [0, 0.05) is 44.4 Å². The quantitative estimate of drug-likeness (QED) is 0.0916. The molecule has 2 aromatic carbocycles. The van der Waals surface area contributed by atoms with Crippen molar-refractivity contribution >= 4 is 47.1 Å². The molecule has 2 aliphatic carbocycles. The van der Waals surface area contributed by atoms with Gasteiger partial charge in [-0.3, -0.25) is 38.4 Å². The van der Waals surface area contributed by atoms with E-state index in [0.29, 0.717) is 12.3 Å². The van der Waals surface area contributed by atoms with Crippen molar-refractivity contribution in [3.8, 4) is 0 Å². The van der Waals surface area contributed by atoms with Crippen molar-refractivity contribution in [1.82, 2.24) is 47.0 Å². The molecule has 7 amide bonds. The number of aryl methyl sites for hydroxylation is 2. The first-order chi connectivity index (χ1) is 35.5. The fourth-order valence-electron chi connectivity index (χ4n) is 11.4. The van der Waals surface area contributed by atoms with Crippen LogP contribution in [0, 0.1) is 10.8 Å². The number of amides is 7. The third kappa shape index (κ3) is 15.3. The zero-order chi connectivity index (χ0) is 54.8. The smallest absolute Gasteiger partial charge is 0.246 e.